The van der Waals surface area contributed by atoms with Gasteiger partial charge in [0.05, 0.1) is 18.8 Å². The Hall–Kier alpha value is -3.22. The highest BCUT2D eigenvalue weighted by Gasteiger charge is 2.28. The van der Waals surface area contributed by atoms with E-state index in [-0.39, 0.29) is 6.10 Å². The molecule has 1 fully saturated rings. The standard InChI is InChI=1S/C25H24N4OS/c1-18-16-22(19-9-11-26-12-10-19)27-25(28(18)2)29-13-14-30-23(17-29)20-5-7-21(8-6-20)24-4-3-15-31-24/h3-12,15-16,23H,1,13-14,17H2,2H3. The van der Waals surface area contributed by atoms with Crippen molar-refractivity contribution in [2.24, 2.45) is 4.99 Å². The molecule has 1 atom stereocenters. The van der Waals surface area contributed by atoms with E-state index >= 15 is 0 Å². The number of allylic oxidation sites excluding steroid dienone is 1. The fourth-order valence-corrected chi connectivity index (χ4v) is 4.62. The minimum atomic E-state index is 0.00535. The number of rotatable bonds is 3. The Morgan fingerprint density at radius 3 is 2.61 bits per heavy atom. The minimum Gasteiger partial charge on any atom is -0.370 e. The Labute approximate surface area is 186 Å². The predicted octanol–water partition coefficient (Wildman–Crippen LogP) is 5.04. The molecule has 31 heavy (non-hydrogen) atoms. The van der Waals surface area contributed by atoms with Crippen LogP contribution in [0.25, 0.3) is 16.1 Å². The van der Waals surface area contributed by atoms with E-state index in [2.05, 4.69) is 58.2 Å². The zero-order chi connectivity index (χ0) is 21.2. The summed E-state index contributed by atoms with van der Waals surface area (Å²) in [4.78, 5) is 14.7. The van der Waals surface area contributed by atoms with Crippen LogP contribution in [-0.2, 0) is 4.74 Å². The van der Waals surface area contributed by atoms with Gasteiger partial charge in [0.1, 0.15) is 6.10 Å². The lowest BCUT2D eigenvalue weighted by Gasteiger charge is -2.39. The molecule has 156 valence electrons. The van der Waals surface area contributed by atoms with Gasteiger partial charge >= 0.3 is 0 Å². The summed E-state index contributed by atoms with van der Waals surface area (Å²) in [7, 11) is 2.02. The number of likely N-dealkylation sites (N-methyl/N-ethyl adjacent to an activating group) is 1. The summed E-state index contributed by atoms with van der Waals surface area (Å²) < 4.78 is 6.13. The summed E-state index contributed by atoms with van der Waals surface area (Å²) in [6, 6.07) is 16.9. The number of guanidine groups is 1. The number of aromatic nitrogens is 1. The fraction of sp³-hybridized carbons (Fsp3) is 0.200. The number of hydrogen-bond acceptors (Lipinski definition) is 6. The van der Waals surface area contributed by atoms with Crippen LogP contribution in [0.5, 0.6) is 0 Å². The molecular weight excluding hydrogens is 404 g/mol. The Kier molecular flexibility index (Phi) is 5.40. The summed E-state index contributed by atoms with van der Waals surface area (Å²) >= 11 is 1.76. The molecule has 4 heterocycles. The summed E-state index contributed by atoms with van der Waals surface area (Å²) in [5.74, 6) is 0.905. The van der Waals surface area contributed by atoms with Gasteiger partial charge in [-0.1, -0.05) is 36.9 Å². The van der Waals surface area contributed by atoms with Crippen LogP contribution >= 0.6 is 11.3 Å². The SMILES string of the molecule is C=C1C=C(c2ccncc2)N=C(N2CCOC(c3ccc(-c4cccs4)cc3)C2)N1C. The van der Waals surface area contributed by atoms with Gasteiger partial charge in [-0.05, 0) is 40.8 Å². The van der Waals surface area contributed by atoms with Crippen molar-refractivity contribution in [2.45, 2.75) is 6.10 Å². The highest BCUT2D eigenvalue weighted by atomic mass is 32.1. The number of morpholine rings is 1. The van der Waals surface area contributed by atoms with E-state index in [0.29, 0.717) is 6.61 Å². The highest BCUT2D eigenvalue weighted by molar-refractivity contribution is 7.13. The molecule has 0 amide bonds. The highest BCUT2D eigenvalue weighted by Crippen LogP contribution is 2.30. The van der Waals surface area contributed by atoms with Gasteiger partial charge in [0, 0.05) is 42.1 Å². The molecule has 0 spiro atoms. The van der Waals surface area contributed by atoms with Crippen LogP contribution in [0.1, 0.15) is 17.2 Å². The first-order valence-electron chi connectivity index (χ1n) is 10.3. The summed E-state index contributed by atoms with van der Waals surface area (Å²) in [6.45, 7) is 6.43. The van der Waals surface area contributed by atoms with Crippen LogP contribution in [0.3, 0.4) is 0 Å². The molecule has 0 bridgehead atoms. The van der Waals surface area contributed by atoms with Crippen molar-refractivity contribution in [3.63, 3.8) is 0 Å². The van der Waals surface area contributed by atoms with Gasteiger partial charge in [0.25, 0.3) is 0 Å². The van der Waals surface area contributed by atoms with Crippen LogP contribution < -0.4 is 0 Å². The van der Waals surface area contributed by atoms with E-state index in [1.54, 1.807) is 23.7 Å². The zero-order valence-electron chi connectivity index (χ0n) is 17.4. The molecule has 3 aromatic rings. The van der Waals surface area contributed by atoms with Crippen molar-refractivity contribution in [3.05, 3.63) is 95.8 Å². The number of pyridine rings is 1. The maximum Gasteiger partial charge on any atom is 0.206 e. The number of hydrogen-bond donors (Lipinski definition) is 0. The van der Waals surface area contributed by atoms with E-state index in [4.69, 9.17) is 9.73 Å². The number of nitrogens with zero attached hydrogens (tertiary/aromatic N) is 4. The van der Waals surface area contributed by atoms with Crippen LogP contribution in [0.4, 0.5) is 0 Å². The monoisotopic (exact) mass is 428 g/mol. The first-order chi connectivity index (χ1) is 15.2. The van der Waals surface area contributed by atoms with Crippen molar-refractivity contribution in [1.29, 1.82) is 0 Å². The average molecular weight is 429 g/mol. The van der Waals surface area contributed by atoms with Gasteiger partial charge in [0.2, 0.25) is 5.96 Å². The van der Waals surface area contributed by atoms with Gasteiger partial charge in [-0.3, -0.25) is 4.98 Å². The molecular formula is C25H24N4OS. The van der Waals surface area contributed by atoms with Crippen molar-refractivity contribution in [1.82, 2.24) is 14.8 Å². The average Bonchev–Trinajstić information content (AvgIpc) is 3.37. The van der Waals surface area contributed by atoms with Gasteiger partial charge < -0.3 is 14.5 Å². The maximum absolute atomic E-state index is 6.13. The molecule has 5 rings (SSSR count). The number of benzene rings is 1. The molecule has 1 aromatic carbocycles. The normalized spacial score (nSPS) is 19.3. The second-order valence-electron chi connectivity index (χ2n) is 7.63. The first-order valence-corrected chi connectivity index (χ1v) is 11.2. The quantitative estimate of drug-likeness (QED) is 0.586. The van der Waals surface area contributed by atoms with E-state index in [0.717, 1.165) is 36.0 Å². The third kappa shape index (κ3) is 4.04. The molecule has 2 aliphatic rings. The summed E-state index contributed by atoms with van der Waals surface area (Å²) in [6.07, 6.45) is 5.60. The predicted molar refractivity (Wildman–Crippen MR) is 127 cm³/mol. The molecule has 6 heteroatoms. The topological polar surface area (TPSA) is 41.0 Å². The van der Waals surface area contributed by atoms with Crippen LogP contribution in [0.2, 0.25) is 0 Å². The van der Waals surface area contributed by atoms with Crippen LogP contribution in [-0.4, -0.2) is 47.5 Å². The van der Waals surface area contributed by atoms with Crippen molar-refractivity contribution >= 4 is 23.0 Å². The minimum absolute atomic E-state index is 0.00535. The third-order valence-electron chi connectivity index (χ3n) is 5.67. The molecule has 0 aliphatic carbocycles. The van der Waals surface area contributed by atoms with E-state index in [1.165, 1.54) is 16.0 Å². The Balaban J connectivity index is 1.37. The van der Waals surface area contributed by atoms with Crippen molar-refractivity contribution in [2.75, 3.05) is 26.7 Å². The molecule has 2 aliphatic heterocycles. The van der Waals surface area contributed by atoms with E-state index in [1.807, 2.05) is 30.2 Å². The fourth-order valence-electron chi connectivity index (χ4n) is 3.89. The largest absolute Gasteiger partial charge is 0.370 e. The third-order valence-corrected chi connectivity index (χ3v) is 6.59. The second-order valence-corrected chi connectivity index (χ2v) is 8.58. The molecule has 0 N–H and O–H groups in total. The smallest absolute Gasteiger partial charge is 0.206 e. The lowest BCUT2D eigenvalue weighted by Crippen LogP contribution is -2.49. The van der Waals surface area contributed by atoms with Gasteiger partial charge in [0.15, 0.2) is 0 Å². The zero-order valence-corrected chi connectivity index (χ0v) is 18.3. The molecule has 1 unspecified atom stereocenters. The number of thiophene rings is 1. The van der Waals surface area contributed by atoms with Crippen LogP contribution in [0, 0.1) is 0 Å². The van der Waals surface area contributed by atoms with Crippen LogP contribution in [0.15, 0.2) is 89.6 Å². The molecule has 2 aromatic heterocycles. The lowest BCUT2D eigenvalue weighted by molar-refractivity contribution is -0.00961. The van der Waals surface area contributed by atoms with Gasteiger partial charge in [-0.2, -0.15) is 0 Å². The van der Waals surface area contributed by atoms with E-state index in [9.17, 15) is 0 Å². The number of aliphatic imine (C=N–C) groups is 1. The summed E-state index contributed by atoms with van der Waals surface area (Å²) in [5.41, 5.74) is 5.29. The molecule has 0 saturated carbocycles. The van der Waals surface area contributed by atoms with Gasteiger partial charge in [-0.15, -0.1) is 11.3 Å². The second kappa shape index (κ2) is 8.49. The first kappa shape index (κ1) is 19.7. The Morgan fingerprint density at radius 1 is 1.06 bits per heavy atom. The van der Waals surface area contributed by atoms with Crippen molar-refractivity contribution < 1.29 is 4.74 Å². The maximum atomic E-state index is 6.13. The molecule has 1 saturated heterocycles. The lowest BCUT2D eigenvalue weighted by atomic mass is 10.0. The number of ether oxygens (including phenoxy) is 1. The summed E-state index contributed by atoms with van der Waals surface area (Å²) in [5, 5.41) is 2.11. The van der Waals surface area contributed by atoms with Crippen molar-refractivity contribution in [3.8, 4) is 10.4 Å². The Bertz CT molecular complexity index is 1120. The molecule has 5 nitrogen and oxygen atoms in total. The van der Waals surface area contributed by atoms with E-state index < -0.39 is 0 Å². The molecule has 0 radical (unpaired) electrons. The Morgan fingerprint density at radius 2 is 1.87 bits per heavy atom. The van der Waals surface area contributed by atoms with Gasteiger partial charge in [-0.25, -0.2) is 4.99 Å².